The average molecular weight is 214 g/mol. The quantitative estimate of drug-likeness (QED) is 0.477. The van der Waals surface area contributed by atoms with Crippen LogP contribution >= 0.6 is 7.59 Å². The molecule has 0 aliphatic rings. The summed E-state index contributed by atoms with van der Waals surface area (Å²) in [5.74, 6) is 0. The van der Waals surface area contributed by atoms with E-state index in [1.807, 2.05) is 0 Å². The summed E-state index contributed by atoms with van der Waals surface area (Å²) in [6.07, 6.45) is 0. The minimum Gasteiger partial charge on any atom is -0.304 e. The minimum atomic E-state index is -3.56. The lowest BCUT2D eigenvalue weighted by molar-refractivity contribution is 0.321. The zero-order valence-corrected chi connectivity index (χ0v) is 9.35. The first kappa shape index (κ1) is 15.5. The molecule has 0 atom stereocenters. The highest BCUT2D eigenvalue weighted by Crippen LogP contribution is 2.15. The molecule has 13 heavy (non-hydrogen) atoms. The Hall–Kier alpha value is -0.0000000000000000278. The molecule has 0 spiro atoms. The van der Waals surface area contributed by atoms with E-state index >= 15 is 0 Å². The van der Waals surface area contributed by atoms with Gasteiger partial charge in [-0.1, -0.05) is 26.1 Å². The summed E-state index contributed by atoms with van der Waals surface area (Å²) in [5, 5.41) is 0.715. The molecule has 0 aromatic carbocycles. The zero-order valence-electron chi connectivity index (χ0n) is 8.46. The summed E-state index contributed by atoms with van der Waals surface area (Å²) >= 11 is 0. The average Bonchev–Trinajstić information content (AvgIpc) is 2.07. The number of halogens is 1. The van der Waals surface area contributed by atoms with Gasteiger partial charge in [0, 0.05) is 0 Å². The van der Waals surface area contributed by atoms with Gasteiger partial charge in [-0.2, -0.15) is 0 Å². The molecule has 0 heterocycles. The Morgan fingerprint density at radius 2 is 1.46 bits per heavy atom. The van der Waals surface area contributed by atoms with Crippen molar-refractivity contribution in [3.05, 3.63) is 0 Å². The van der Waals surface area contributed by atoms with Gasteiger partial charge in [0.15, 0.2) is 0 Å². The molecule has 0 fully saturated rings. The Labute approximate surface area is 79.1 Å². The molecule has 0 aromatic heterocycles. The van der Waals surface area contributed by atoms with Crippen molar-refractivity contribution in [2.75, 3.05) is 19.6 Å². The SMILES string of the molecule is CCN(CC)CC.NP(N)(=O)NF. The van der Waals surface area contributed by atoms with E-state index in [-0.39, 0.29) is 0 Å². The van der Waals surface area contributed by atoms with E-state index in [1.54, 1.807) is 0 Å². The number of nitrogens with zero attached hydrogens (tertiary/aromatic N) is 1. The van der Waals surface area contributed by atoms with Crippen LogP contribution in [-0.2, 0) is 4.57 Å². The third kappa shape index (κ3) is 14.8. The van der Waals surface area contributed by atoms with E-state index in [9.17, 15) is 9.05 Å². The van der Waals surface area contributed by atoms with E-state index in [4.69, 9.17) is 0 Å². The number of nitrogens with two attached hydrogens (primary N) is 2. The smallest absolute Gasteiger partial charge is 0.300 e. The van der Waals surface area contributed by atoms with Crippen LogP contribution in [-0.4, -0.2) is 24.5 Å². The van der Waals surface area contributed by atoms with Crippen LogP contribution in [0.15, 0.2) is 0 Å². The summed E-state index contributed by atoms with van der Waals surface area (Å²) in [6.45, 7) is 10.1. The van der Waals surface area contributed by atoms with E-state index in [2.05, 4.69) is 36.7 Å². The van der Waals surface area contributed by atoms with E-state index in [1.165, 1.54) is 19.6 Å². The summed E-state index contributed by atoms with van der Waals surface area (Å²) < 4.78 is 20.4. The van der Waals surface area contributed by atoms with Gasteiger partial charge in [-0.05, 0) is 19.6 Å². The summed E-state index contributed by atoms with van der Waals surface area (Å²) in [5.41, 5.74) is 8.76. The maximum atomic E-state index is 10.7. The molecular weight excluding hydrogens is 194 g/mol. The first-order chi connectivity index (χ1) is 5.91. The molecule has 0 aliphatic heterocycles. The summed E-state index contributed by atoms with van der Waals surface area (Å²) in [6, 6.07) is 0. The first-order valence-corrected chi connectivity index (χ1v) is 6.03. The molecule has 82 valence electrons. The van der Waals surface area contributed by atoms with Gasteiger partial charge >= 0.3 is 7.59 Å². The first-order valence-electron chi connectivity index (χ1n) is 4.18. The summed E-state index contributed by atoms with van der Waals surface area (Å²) in [4.78, 5) is 2.38. The van der Waals surface area contributed by atoms with Crippen molar-refractivity contribution < 1.29 is 9.05 Å². The molecule has 0 saturated heterocycles. The monoisotopic (exact) mass is 214 g/mol. The third-order valence-corrected chi connectivity index (χ3v) is 1.74. The van der Waals surface area contributed by atoms with Gasteiger partial charge in [0.05, 0.1) is 0 Å². The maximum absolute atomic E-state index is 10.7. The number of hydrogen-bond donors (Lipinski definition) is 3. The van der Waals surface area contributed by atoms with Crippen LogP contribution in [0.1, 0.15) is 20.8 Å². The molecule has 5 nitrogen and oxygen atoms in total. The van der Waals surface area contributed by atoms with Crippen LogP contribution in [0.3, 0.4) is 0 Å². The Morgan fingerprint density at radius 3 is 1.46 bits per heavy atom. The van der Waals surface area contributed by atoms with Gasteiger partial charge in [0.1, 0.15) is 0 Å². The Bertz CT molecular complexity index is 142. The van der Waals surface area contributed by atoms with Crippen molar-refractivity contribution in [2.24, 2.45) is 11.0 Å². The fourth-order valence-corrected chi connectivity index (χ4v) is 0.671. The maximum Gasteiger partial charge on any atom is 0.300 e. The molecule has 0 unspecified atom stereocenters. The fraction of sp³-hybridized carbons (Fsp3) is 1.00. The second kappa shape index (κ2) is 8.59. The van der Waals surface area contributed by atoms with Crippen LogP contribution in [0.4, 0.5) is 4.48 Å². The highest BCUT2D eigenvalue weighted by Gasteiger charge is 2.02. The second-order valence-corrected chi connectivity index (χ2v) is 4.00. The van der Waals surface area contributed by atoms with Crippen LogP contribution < -0.4 is 16.3 Å². The van der Waals surface area contributed by atoms with Crippen LogP contribution in [0, 0.1) is 0 Å². The van der Waals surface area contributed by atoms with E-state index in [0.29, 0.717) is 5.31 Å². The molecule has 0 rings (SSSR count). The fourth-order valence-electron chi connectivity index (χ4n) is 0.671. The van der Waals surface area contributed by atoms with E-state index in [0.717, 1.165) is 0 Å². The zero-order chi connectivity index (χ0) is 10.9. The molecule has 0 bridgehead atoms. The lowest BCUT2D eigenvalue weighted by Crippen LogP contribution is -2.21. The molecule has 7 heteroatoms. The predicted molar refractivity (Wildman–Crippen MR) is 53.7 cm³/mol. The molecule has 0 saturated carbocycles. The van der Waals surface area contributed by atoms with Crippen LogP contribution in [0.2, 0.25) is 0 Å². The number of rotatable bonds is 4. The largest absolute Gasteiger partial charge is 0.304 e. The lowest BCUT2D eigenvalue weighted by Gasteiger charge is -2.13. The predicted octanol–water partition coefficient (Wildman–Crippen LogP) is 0.834. The van der Waals surface area contributed by atoms with Crippen molar-refractivity contribution in [2.45, 2.75) is 20.8 Å². The van der Waals surface area contributed by atoms with Gasteiger partial charge in [0.2, 0.25) is 0 Å². The van der Waals surface area contributed by atoms with Crippen molar-refractivity contribution in [1.82, 2.24) is 10.2 Å². The Kier molecular flexibility index (Phi) is 10.2. The second-order valence-electron chi connectivity index (χ2n) is 2.41. The molecule has 5 N–H and O–H groups in total. The van der Waals surface area contributed by atoms with Gasteiger partial charge in [0.25, 0.3) is 0 Å². The third-order valence-electron chi connectivity index (χ3n) is 1.47. The van der Waals surface area contributed by atoms with Gasteiger partial charge < -0.3 is 4.90 Å². The minimum absolute atomic E-state index is 0.715. The standard InChI is InChI=1S/C6H15N.FH5N3OP/c1-4-7(5-2)6-3;1-4-6(2,3)5/h4-6H2,1-3H3;(H5,2,3,4,5). The van der Waals surface area contributed by atoms with E-state index < -0.39 is 7.59 Å². The van der Waals surface area contributed by atoms with Gasteiger partial charge in [-0.3, -0.25) is 15.6 Å². The molecule has 0 aromatic rings. The van der Waals surface area contributed by atoms with Crippen molar-refractivity contribution in [3.63, 3.8) is 0 Å². The number of hydrogen-bond acceptors (Lipinski definition) is 2. The van der Waals surface area contributed by atoms with Crippen LogP contribution in [0.25, 0.3) is 0 Å². The Balaban J connectivity index is 0. The molecule has 0 radical (unpaired) electrons. The highest BCUT2D eigenvalue weighted by atomic mass is 31.2. The van der Waals surface area contributed by atoms with Gasteiger partial charge in [-0.25, -0.2) is 0 Å². The van der Waals surface area contributed by atoms with Crippen LogP contribution in [0.5, 0.6) is 0 Å². The molecule has 0 amide bonds. The number of nitrogens with one attached hydrogen (secondary N) is 1. The normalized spacial score (nSPS) is 11.0. The molecular formula is C6H20FN4OP. The van der Waals surface area contributed by atoms with Crippen molar-refractivity contribution in [1.29, 1.82) is 0 Å². The van der Waals surface area contributed by atoms with Crippen molar-refractivity contribution >= 4 is 7.59 Å². The summed E-state index contributed by atoms with van der Waals surface area (Å²) in [7, 11) is -3.56. The van der Waals surface area contributed by atoms with Crippen molar-refractivity contribution in [3.8, 4) is 0 Å². The van der Waals surface area contributed by atoms with Gasteiger partial charge in [-0.15, -0.1) is 4.48 Å². The highest BCUT2D eigenvalue weighted by molar-refractivity contribution is 7.56. The lowest BCUT2D eigenvalue weighted by atomic mass is 10.5. The molecule has 0 aliphatic carbocycles. The Morgan fingerprint density at radius 1 is 1.23 bits per heavy atom. The topological polar surface area (TPSA) is 84.4 Å².